The van der Waals surface area contributed by atoms with Gasteiger partial charge in [0.05, 0.1) is 0 Å². The molecule has 2 nitrogen and oxygen atoms in total. The van der Waals surface area contributed by atoms with Crippen molar-refractivity contribution < 1.29 is 4.79 Å². The van der Waals surface area contributed by atoms with E-state index in [1.165, 1.54) is 0 Å². The van der Waals surface area contributed by atoms with E-state index >= 15 is 0 Å². The maximum atomic E-state index is 10.9. The van der Waals surface area contributed by atoms with Crippen LogP contribution in [0, 0.1) is 5.92 Å². The molecule has 3 heteroatoms. The summed E-state index contributed by atoms with van der Waals surface area (Å²) in [4.78, 5) is 10.9. The lowest BCUT2D eigenvalue weighted by atomic mass is 9.96. The number of rotatable bonds is 1. The zero-order chi connectivity index (χ0) is 7.56. The molecular formula is C7H14NOP. The molecule has 2 atom stereocenters. The molecule has 0 saturated carbocycles. The van der Waals surface area contributed by atoms with Gasteiger partial charge in [0, 0.05) is 19.0 Å². The summed E-state index contributed by atoms with van der Waals surface area (Å²) in [5.41, 5.74) is 0. The van der Waals surface area contributed by atoms with Crippen molar-refractivity contribution in [3.05, 3.63) is 0 Å². The van der Waals surface area contributed by atoms with Crippen molar-refractivity contribution in [3.63, 3.8) is 0 Å². The number of Topliss-reactive ketones (excluding diaryl/α,β-unsaturated/α-hetero) is 1. The van der Waals surface area contributed by atoms with Crippen molar-refractivity contribution in [3.8, 4) is 0 Å². The molecule has 58 valence electrons. The van der Waals surface area contributed by atoms with Crippen LogP contribution in [0.5, 0.6) is 0 Å². The van der Waals surface area contributed by atoms with E-state index in [1.807, 2.05) is 0 Å². The molecule has 1 heterocycles. The first-order valence-electron chi connectivity index (χ1n) is 3.70. The predicted octanol–water partition coefficient (Wildman–Crippen LogP) is 1.08. The molecule has 0 aromatic rings. The molecule has 1 fully saturated rings. The summed E-state index contributed by atoms with van der Waals surface area (Å²) in [7, 11) is 2.66. The van der Waals surface area contributed by atoms with Crippen LogP contribution in [0.15, 0.2) is 0 Å². The fourth-order valence-electron chi connectivity index (χ4n) is 1.34. The third kappa shape index (κ3) is 2.03. The first-order valence-corrected chi connectivity index (χ1v) is 4.22. The maximum absolute atomic E-state index is 10.9. The van der Waals surface area contributed by atoms with Crippen LogP contribution in [0.3, 0.4) is 0 Å². The zero-order valence-electron chi connectivity index (χ0n) is 6.34. The Morgan fingerprint density at radius 1 is 1.70 bits per heavy atom. The van der Waals surface area contributed by atoms with E-state index in [-0.39, 0.29) is 0 Å². The van der Waals surface area contributed by atoms with Gasteiger partial charge in [-0.3, -0.25) is 9.46 Å². The minimum absolute atomic E-state index is 0.297. The highest BCUT2D eigenvalue weighted by atomic mass is 31.0. The Bertz CT molecular complexity index is 138. The quantitative estimate of drug-likeness (QED) is 0.533. The number of nitrogens with zero attached hydrogens (tertiary/aromatic N) is 1. The molecule has 1 unspecified atom stereocenters. The highest BCUT2D eigenvalue weighted by Gasteiger charge is 2.20. The van der Waals surface area contributed by atoms with Gasteiger partial charge in [0.2, 0.25) is 0 Å². The van der Waals surface area contributed by atoms with Crippen LogP contribution in [0.2, 0.25) is 0 Å². The SMILES string of the molecule is CC(=O)[C@H]1CCCN(P)C1. The van der Waals surface area contributed by atoms with E-state index in [0.717, 1.165) is 25.9 Å². The standard InChI is InChI=1S/C7H14NOP/c1-6(9)7-3-2-4-8(10)5-7/h7H,2-5,10H2,1H3/t7-/m0/s1. The summed E-state index contributed by atoms with van der Waals surface area (Å²) in [5.74, 6) is 0.637. The molecule has 0 radical (unpaired) electrons. The van der Waals surface area contributed by atoms with E-state index in [4.69, 9.17) is 0 Å². The van der Waals surface area contributed by atoms with E-state index in [2.05, 4.69) is 14.1 Å². The van der Waals surface area contributed by atoms with Gasteiger partial charge >= 0.3 is 0 Å². The second-order valence-corrected chi connectivity index (χ2v) is 3.68. The minimum atomic E-state index is 0.297. The van der Waals surface area contributed by atoms with Crippen LogP contribution in [0.4, 0.5) is 0 Å². The molecule has 0 aliphatic carbocycles. The maximum Gasteiger partial charge on any atom is 0.134 e. The number of carbonyl (C=O) groups is 1. The average molecular weight is 159 g/mol. The first-order chi connectivity index (χ1) is 4.70. The number of carbonyl (C=O) groups excluding carboxylic acids is 1. The Kier molecular flexibility index (Phi) is 2.82. The summed E-state index contributed by atoms with van der Waals surface area (Å²) in [6, 6.07) is 0. The highest BCUT2D eigenvalue weighted by molar-refractivity contribution is 7.13. The molecule has 1 rings (SSSR count). The summed E-state index contributed by atoms with van der Waals surface area (Å²) in [6.07, 6.45) is 2.24. The van der Waals surface area contributed by atoms with Gasteiger partial charge in [-0.05, 0) is 19.8 Å². The number of ketones is 1. The lowest BCUT2D eigenvalue weighted by Gasteiger charge is -2.27. The molecule has 0 aromatic carbocycles. The fraction of sp³-hybridized carbons (Fsp3) is 0.857. The number of hydrogen-bond acceptors (Lipinski definition) is 2. The van der Waals surface area contributed by atoms with Crippen molar-refractivity contribution in [1.82, 2.24) is 4.67 Å². The number of piperidine rings is 1. The molecule has 1 aliphatic heterocycles. The Hall–Kier alpha value is 0.0600. The summed E-state index contributed by atoms with van der Waals surface area (Å²) in [5, 5.41) is 0. The normalized spacial score (nSPS) is 28.4. The van der Waals surface area contributed by atoms with Gasteiger partial charge in [0.15, 0.2) is 0 Å². The Balaban J connectivity index is 2.39. The highest BCUT2D eigenvalue weighted by Crippen LogP contribution is 2.19. The van der Waals surface area contributed by atoms with Crippen LogP contribution in [-0.2, 0) is 4.79 Å². The van der Waals surface area contributed by atoms with Crippen molar-refractivity contribution in [1.29, 1.82) is 0 Å². The van der Waals surface area contributed by atoms with Gasteiger partial charge < -0.3 is 0 Å². The van der Waals surface area contributed by atoms with Crippen LogP contribution < -0.4 is 0 Å². The summed E-state index contributed by atoms with van der Waals surface area (Å²) >= 11 is 0. The van der Waals surface area contributed by atoms with Gasteiger partial charge in [-0.15, -0.1) is 0 Å². The first kappa shape index (κ1) is 8.16. The molecule has 0 bridgehead atoms. The van der Waals surface area contributed by atoms with Crippen LogP contribution >= 0.6 is 9.39 Å². The van der Waals surface area contributed by atoms with Crippen LogP contribution in [-0.4, -0.2) is 23.5 Å². The molecule has 0 aromatic heterocycles. The Labute approximate surface area is 64.2 Å². The molecule has 0 spiro atoms. The van der Waals surface area contributed by atoms with Gasteiger partial charge in [0.25, 0.3) is 0 Å². The van der Waals surface area contributed by atoms with E-state index in [1.54, 1.807) is 6.92 Å². The van der Waals surface area contributed by atoms with Crippen molar-refractivity contribution >= 4 is 15.2 Å². The second kappa shape index (κ2) is 3.45. The van der Waals surface area contributed by atoms with E-state index < -0.39 is 0 Å². The lowest BCUT2D eigenvalue weighted by Crippen LogP contribution is -2.31. The average Bonchev–Trinajstić information content (AvgIpc) is 1.88. The van der Waals surface area contributed by atoms with Gasteiger partial charge in [-0.25, -0.2) is 0 Å². The predicted molar refractivity (Wildman–Crippen MR) is 44.7 cm³/mol. The van der Waals surface area contributed by atoms with Gasteiger partial charge in [-0.1, -0.05) is 9.39 Å². The van der Waals surface area contributed by atoms with Crippen molar-refractivity contribution in [2.24, 2.45) is 5.92 Å². The minimum Gasteiger partial charge on any atom is -0.300 e. The van der Waals surface area contributed by atoms with E-state index in [9.17, 15) is 4.79 Å². The number of hydrogen-bond donors (Lipinski definition) is 0. The fourth-order valence-corrected chi connectivity index (χ4v) is 1.78. The summed E-state index contributed by atoms with van der Waals surface area (Å²) in [6.45, 7) is 3.74. The summed E-state index contributed by atoms with van der Waals surface area (Å²) < 4.78 is 2.15. The van der Waals surface area contributed by atoms with Gasteiger partial charge in [0.1, 0.15) is 5.78 Å². The van der Waals surface area contributed by atoms with Crippen molar-refractivity contribution in [2.75, 3.05) is 13.1 Å². The molecular weight excluding hydrogens is 145 g/mol. The zero-order valence-corrected chi connectivity index (χ0v) is 7.49. The molecule has 10 heavy (non-hydrogen) atoms. The lowest BCUT2D eigenvalue weighted by molar-refractivity contribution is -0.121. The molecule has 0 N–H and O–H groups in total. The third-order valence-electron chi connectivity index (χ3n) is 2.03. The second-order valence-electron chi connectivity index (χ2n) is 2.94. The third-order valence-corrected chi connectivity index (χ3v) is 2.50. The molecule has 1 saturated heterocycles. The molecule has 0 amide bonds. The Morgan fingerprint density at radius 2 is 2.40 bits per heavy atom. The van der Waals surface area contributed by atoms with E-state index in [0.29, 0.717) is 11.7 Å². The van der Waals surface area contributed by atoms with Crippen LogP contribution in [0.25, 0.3) is 0 Å². The van der Waals surface area contributed by atoms with Crippen LogP contribution in [0.1, 0.15) is 19.8 Å². The van der Waals surface area contributed by atoms with Crippen molar-refractivity contribution in [2.45, 2.75) is 19.8 Å². The smallest absolute Gasteiger partial charge is 0.134 e. The molecule has 1 aliphatic rings. The Morgan fingerprint density at radius 3 is 2.80 bits per heavy atom. The monoisotopic (exact) mass is 159 g/mol. The largest absolute Gasteiger partial charge is 0.300 e. The topological polar surface area (TPSA) is 20.3 Å². The van der Waals surface area contributed by atoms with Gasteiger partial charge in [-0.2, -0.15) is 0 Å².